The van der Waals surface area contributed by atoms with Crippen LogP contribution in [-0.4, -0.2) is 22.9 Å². The molecule has 0 aliphatic carbocycles. The van der Waals surface area contributed by atoms with Gasteiger partial charge < -0.3 is 10.5 Å². The van der Waals surface area contributed by atoms with E-state index in [1.165, 1.54) is 6.07 Å². The molecule has 98 valence electrons. The number of nitrogens with zero attached hydrogens (tertiary/aromatic N) is 1. The Morgan fingerprint density at radius 3 is 3.00 bits per heavy atom. The van der Waals surface area contributed by atoms with Crippen molar-refractivity contribution in [3.8, 4) is 0 Å². The second-order valence-corrected chi connectivity index (χ2v) is 5.58. The van der Waals surface area contributed by atoms with Crippen LogP contribution in [0, 0.1) is 10.1 Å². The van der Waals surface area contributed by atoms with Crippen molar-refractivity contribution < 1.29 is 9.66 Å². The molecule has 1 aromatic rings. The highest BCUT2D eigenvalue weighted by Gasteiger charge is 2.24. The highest BCUT2D eigenvalue weighted by atomic mass is 32.2. The second-order valence-electron chi connectivity index (χ2n) is 4.35. The molecule has 2 rings (SSSR count). The minimum atomic E-state index is -0.394. The number of anilines is 1. The largest absolute Gasteiger partial charge is 0.398 e. The van der Waals surface area contributed by atoms with E-state index in [1.54, 1.807) is 23.9 Å². The average molecular weight is 268 g/mol. The summed E-state index contributed by atoms with van der Waals surface area (Å²) in [6, 6.07) is 4.59. The number of nitrogens with two attached hydrogens (primary N) is 1. The molecule has 1 saturated heterocycles. The number of rotatable bonds is 4. The number of hydrogen-bond acceptors (Lipinski definition) is 5. The SMILES string of the molecule is CC1OCCC1SCc1cc([N+](=O)[O-])ccc1N. The molecule has 1 aliphatic rings. The summed E-state index contributed by atoms with van der Waals surface area (Å²) < 4.78 is 5.49. The van der Waals surface area contributed by atoms with Crippen LogP contribution >= 0.6 is 11.8 Å². The Morgan fingerprint density at radius 1 is 1.61 bits per heavy atom. The molecule has 5 nitrogen and oxygen atoms in total. The van der Waals surface area contributed by atoms with Gasteiger partial charge in [-0.3, -0.25) is 10.1 Å². The van der Waals surface area contributed by atoms with Crippen LogP contribution in [0.1, 0.15) is 18.9 Å². The third-order valence-electron chi connectivity index (χ3n) is 3.10. The molecule has 18 heavy (non-hydrogen) atoms. The standard InChI is InChI=1S/C12H16N2O3S/c1-8-12(4-5-17-8)18-7-9-6-10(14(15)16)2-3-11(9)13/h2-3,6,8,12H,4-5,7,13H2,1H3. The molecule has 0 aromatic heterocycles. The van der Waals surface area contributed by atoms with Crippen molar-refractivity contribution in [2.75, 3.05) is 12.3 Å². The van der Waals surface area contributed by atoms with Crippen LogP contribution in [0.5, 0.6) is 0 Å². The molecule has 0 radical (unpaired) electrons. The van der Waals surface area contributed by atoms with Crippen LogP contribution in [0.3, 0.4) is 0 Å². The van der Waals surface area contributed by atoms with Crippen molar-refractivity contribution in [2.24, 2.45) is 0 Å². The summed E-state index contributed by atoms with van der Waals surface area (Å²) in [6.07, 6.45) is 1.27. The molecule has 2 N–H and O–H groups in total. The van der Waals surface area contributed by atoms with Gasteiger partial charge in [-0.2, -0.15) is 11.8 Å². The van der Waals surface area contributed by atoms with Crippen LogP contribution < -0.4 is 5.73 Å². The lowest BCUT2D eigenvalue weighted by atomic mass is 10.2. The Kier molecular flexibility index (Phi) is 4.08. The summed E-state index contributed by atoms with van der Waals surface area (Å²) in [4.78, 5) is 10.3. The first-order valence-corrected chi connectivity index (χ1v) is 6.89. The Hall–Kier alpha value is -1.27. The third-order valence-corrected chi connectivity index (χ3v) is 4.62. The lowest BCUT2D eigenvalue weighted by Gasteiger charge is -2.14. The molecule has 0 saturated carbocycles. The van der Waals surface area contributed by atoms with Gasteiger partial charge in [0.05, 0.1) is 11.0 Å². The molecule has 2 atom stereocenters. The molecule has 1 aliphatic heterocycles. The van der Waals surface area contributed by atoms with Crippen LogP contribution in [0.25, 0.3) is 0 Å². The van der Waals surface area contributed by atoms with Crippen molar-refractivity contribution in [3.63, 3.8) is 0 Å². The average Bonchev–Trinajstić information content (AvgIpc) is 2.73. The quantitative estimate of drug-likeness (QED) is 0.516. The number of ether oxygens (including phenoxy) is 1. The molecule has 1 aromatic carbocycles. The van der Waals surface area contributed by atoms with Gasteiger partial charge in [-0.15, -0.1) is 0 Å². The summed E-state index contributed by atoms with van der Waals surface area (Å²) in [5, 5.41) is 11.2. The predicted octanol–water partition coefficient (Wildman–Crippen LogP) is 2.59. The van der Waals surface area contributed by atoms with Gasteiger partial charge in [0, 0.05) is 35.4 Å². The molecule has 1 heterocycles. The number of non-ortho nitro benzene ring substituents is 1. The van der Waals surface area contributed by atoms with Gasteiger partial charge >= 0.3 is 0 Å². The zero-order valence-corrected chi connectivity index (χ0v) is 11.0. The van der Waals surface area contributed by atoms with E-state index in [1.807, 2.05) is 0 Å². The molecule has 0 amide bonds. The monoisotopic (exact) mass is 268 g/mol. The van der Waals surface area contributed by atoms with E-state index in [2.05, 4.69) is 6.92 Å². The summed E-state index contributed by atoms with van der Waals surface area (Å²) in [7, 11) is 0. The Labute approximate surface area is 110 Å². The normalized spacial score (nSPS) is 23.2. The Morgan fingerprint density at radius 2 is 2.39 bits per heavy atom. The number of benzene rings is 1. The summed E-state index contributed by atoms with van der Waals surface area (Å²) >= 11 is 1.75. The number of thioether (sulfide) groups is 1. The first-order valence-electron chi connectivity index (χ1n) is 5.84. The molecular weight excluding hydrogens is 252 g/mol. The highest BCUT2D eigenvalue weighted by Crippen LogP contribution is 2.31. The molecule has 2 unspecified atom stereocenters. The van der Waals surface area contributed by atoms with Crippen molar-refractivity contribution in [3.05, 3.63) is 33.9 Å². The minimum Gasteiger partial charge on any atom is -0.398 e. The summed E-state index contributed by atoms with van der Waals surface area (Å²) in [5.74, 6) is 0.686. The van der Waals surface area contributed by atoms with Gasteiger partial charge in [-0.05, 0) is 25.0 Å². The summed E-state index contributed by atoms with van der Waals surface area (Å²) in [6.45, 7) is 2.85. The maximum atomic E-state index is 10.7. The highest BCUT2D eigenvalue weighted by molar-refractivity contribution is 7.99. The maximum absolute atomic E-state index is 10.7. The van der Waals surface area contributed by atoms with Crippen molar-refractivity contribution in [1.82, 2.24) is 0 Å². The van der Waals surface area contributed by atoms with Crippen molar-refractivity contribution >= 4 is 23.1 Å². The fraction of sp³-hybridized carbons (Fsp3) is 0.500. The van der Waals surface area contributed by atoms with E-state index < -0.39 is 4.92 Å². The van der Waals surface area contributed by atoms with Crippen LogP contribution in [0.4, 0.5) is 11.4 Å². The molecule has 6 heteroatoms. The smallest absolute Gasteiger partial charge is 0.269 e. The fourth-order valence-corrected chi connectivity index (χ4v) is 3.21. The Bertz CT molecular complexity index is 453. The van der Waals surface area contributed by atoms with E-state index in [4.69, 9.17) is 10.5 Å². The number of nitrogen functional groups attached to an aromatic ring is 1. The van der Waals surface area contributed by atoms with Crippen molar-refractivity contribution in [2.45, 2.75) is 30.5 Å². The molecule has 0 spiro atoms. The van der Waals surface area contributed by atoms with Crippen molar-refractivity contribution in [1.29, 1.82) is 0 Å². The molecular formula is C12H16N2O3S. The van der Waals surface area contributed by atoms with E-state index in [0.29, 0.717) is 16.7 Å². The van der Waals surface area contributed by atoms with Gasteiger partial charge in [0.25, 0.3) is 5.69 Å². The lowest BCUT2D eigenvalue weighted by molar-refractivity contribution is -0.384. The Balaban J connectivity index is 2.04. The van der Waals surface area contributed by atoms with Gasteiger partial charge in [-0.1, -0.05) is 0 Å². The number of nitro groups is 1. The van der Waals surface area contributed by atoms with Crippen LogP contribution in [-0.2, 0) is 10.5 Å². The van der Waals surface area contributed by atoms with Gasteiger partial charge in [0.2, 0.25) is 0 Å². The van der Waals surface area contributed by atoms with Crippen LogP contribution in [0.2, 0.25) is 0 Å². The third kappa shape index (κ3) is 2.94. The van der Waals surface area contributed by atoms with Crippen LogP contribution in [0.15, 0.2) is 18.2 Å². The topological polar surface area (TPSA) is 78.4 Å². The zero-order chi connectivity index (χ0) is 13.1. The van der Waals surface area contributed by atoms with Gasteiger partial charge in [0.15, 0.2) is 0 Å². The van der Waals surface area contributed by atoms with E-state index in [-0.39, 0.29) is 11.8 Å². The molecule has 0 bridgehead atoms. The summed E-state index contributed by atoms with van der Waals surface area (Å²) in [5.41, 5.74) is 7.37. The van der Waals surface area contributed by atoms with E-state index >= 15 is 0 Å². The maximum Gasteiger partial charge on any atom is 0.269 e. The van der Waals surface area contributed by atoms with Gasteiger partial charge in [-0.25, -0.2) is 0 Å². The minimum absolute atomic E-state index is 0.0931. The zero-order valence-electron chi connectivity index (χ0n) is 10.2. The van der Waals surface area contributed by atoms with E-state index in [0.717, 1.165) is 18.6 Å². The van der Waals surface area contributed by atoms with Gasteiger partial charge in [0.1, 0.15) is 0 Å². The lowest BCUT2D eigenvalue weighted by Crippen LogP contribution is -2.13. The number of nitro benzene ring substituents is 1. The first kappa shape index (κ1) is 13.2. The van der Waals surface area contributed by atoms with E-state index in [9.17, 15) is 10.1 Å². The number of hydrogen-bond donors (Lipinski definition) is 1. The first-order chi connectivity index (χ1) is 8.58. The second kappa shape index (κ2) is 5.58. The molecule has 1 fully saturated rings. The predicted molar refractivity (Wildman–Crippen MR) is 72.6 cm³/mol. The fourth-order valence-electron chi connectivity index (χ4n) is 1.96.